The number of hydrogen-bond acceptors (Lipinski definition) is 7. The predicted octanol–water partition coefficient (Wildman–Crippen LogP) is 2.04. The first kappa shape index (κ1) is 13.2. The van der Waals surface area contributed by atoms with E-state index in [1.807, 2.05) is 12.1 Å². The number of esters is 1. The summed E-state index contributed by atoms with van der Waals surface area (Å²) in [6, 6.07) is 3.72. The Bertz CT molecular complexity index is 605. The number of pyridine rings is 1. The van der Waals surface area contributed by atoms with Gasteiger partial charge in [-0.3, -0.25) is 4.98 Å². The number of nitrogens with zero attached hydrogens (tertiary/aromatic N) is 2. The molecule has 2 aromatic heterocycles. The highest BCUT2D eigenvalue weighted by Gasteiger charge is 2.19. The molecule has 1 aliphatic heterocycles. The van der Waals surface area contributed by atoms with E-state index in [1.54, 1.807) is 6.20 Å². The first-order valence-corrected chi connectivity index (χ1v) is 6.83. The van der Waals surface area contributed by atoms with Crippen molar-refractivity contribution in [3.8, 4) is 10.7 Å². The first-order chi connectivity index (χ1) is 9.78. The molecule has 0 N–H and O–H groups in total. The minimum atomic E-state index is -0.391. The van der Waals surface area contributed by atoms with E-state index in [2.05, 4.69) is 14.7 Å². The number of rotatable bonds is 3. The van der Waals surface area contributed by atoms with Crippen molar-refractivity contribution in [1.29, 1.82) is 0 Å². The van der Waals surface area contributed by atoms with Gasteiger partial charge in [0.1, 0.15) is 9.88 Å². The van der Waals surface area contributed by atoms with Crippen LogP contribution < -0.4 is 0 Å². The van der Waals surface area contributed by atoms with Crippen LogP contribution in [0, 0.1) is 0 Å². The number of thiazole rings is 1. The third-order valence-corrected chi connectivity index (χ3v) is 3.79. The Morgan fingerprint density at radius 3 is 2.75 bits per heavy atom. The van der Waals surface area contributed by atoms with Gasteiger partial charge in [-0.15, -0.1) is 11.3 Å². The van der Waals surface area contributed by atoms with Crippen molar-refractivity contribution >= 4 is 17.3 Å². The molecule has 20 heavy (non-hydrogen) atoms. The number of methoxy groups -OCH3 is 1. The summed E-state index contributed by atoms with van der Waals surface area (Å²) in [5.41, 5.74) is 1.57. The Morgan fingerprint density at radius 1 is 1.30 bits per heavy atom. The average molecular weight is 292 g/mol. The maximum absolute atomic E-state index is 11.4. The van der Waals surface area contributed by atoms with E-state index >= 15 is 0 Å². The molecule has 0 amide bonds. The van der Waals surface area contributed by atoms with Crippen LogP contribution in [0.5, 0.6) is 0 Å². The smallest absolute Gasteiger partial charge is 0.349 e. The molecular weight excluding hydrogens is 280 g/mol. The van der Waals surface area contributed by atoms with Gasteiger partial charge in [0.15, 0.2) is 6.29 Å². The van der Waals surface area contributed by atoms with Gasteiger partial charge in [0.25, 0.3) is 0 Å². The van der Waals surface area contributed by atoms with Crippen LogP contribution >= 0.6 is 11.3 Å². The predicted molar refractivity (Wildman–Crippen MR) is 71.3 cm³/mol. The molecule has 104 valence electrons. The SMILES string of the molecule is COC(=O)c1cnc(-c2ccc(C3OCCO3)cn2)s1. The molecule has 1 fully saturated rings. The number of ether oxygens (including phenoxy) is 3. The number of aromatic nitrogens is 2. The zero-order valence-corrected chi connectivity index (χ0v) is 11.6. The summed E-state index contributed by atoms with van der Waals surface area (Å²) in [6.45, 7) is 1.20. The van der Waals surface area contributed by atoms with Crippen molar-refractivity contribution in [3.63, 3.8) is 0 Å². The van der Waals surface area contributed by atoms with Gasteiger partial charge in [0.05, 0.1) is 32.2 Å². The van der Waals surface area contributed by atoms with Crippen molar-refractivity contribution in [2.75, 3.05) is 20.3 Å². The highest BCUT2D eigenvalue weighted by atomic mass is 32.1. The second-order valence-corrected chi connectivity index (χ2v) is 5.10. The molecule has 0 aliphatic carbocycles. The van der Waals surface area contributed by atoms with Crippen LogP contribution in [0.1, 0.15) is 21.5 Å². The first-order valence-electron chi connectivity index (χ1n) is 6.01. The molecule has 3 heterocycles. The minimum absolute atomic E-state index is 0.335. The molecule has 0 spiro atoms. The zero-order chi connectivity index (χ0) is 13.9. The number of hydrogen-bond donors (Lipinski definition) is 0. The van der Waals surface area contributed by atoms with Crippen LogP contribution in [0.2, 0.25) is 0 Å². The van der Waals surface area contributed by atoms with Crippen molar-refractivity contribution in [2.24, 2.45) is 0 Å². The van der Waals surface area contributed by atoms with Crippen molar-refractivity contribution in [2.45, 2.75) is 6.29 Å². The Hall–Kier alpha value is -1.83. The van der Waals surface area contributed by atoms with Crippen molar-refractivity contribution in [1.82, 2.24) is 9.97 Å². The Balaban J connectivity index is 1.80. The molecule has 3 rings (SSSR count). The zero-order valence-electron chi connectivity index (χ0n) is 10.7. The molecule has 0 atom stereocenters. The van der Waals surface area contributed by atoms with E-state index in [4.69, 9.17) is 9.47 Å². The minimum Gasteiger partial charge on any atom is -0.465 e. The van der Waals surface area contributed by atoms with Crippen LogP contribution in [0.3, 0.4) is 0 Å². The second kappa shape index (κ2) is 5.66. The summed E-state index contributed by atoms with van der Waals surface area (Å²) in [5.74, 6) is -0.391. The lowest BCUT2D eigenvalue weighted by Crippen LogP contribution is -1.98. The number of carbonyl (C=O) groups is 1. The largest absolute Gasteiger partial charge is 0.465 e. The third-order valence-electron chi connectivity index (χ3n) is 2.79. The highest BCUT2D eigenvalue weighted by Crippen LogP contribution is 2.27. The molecule has 0 unspecified atom stereocenters. The summed E-state index contributed by atoms with van der Waals surface area (Å²) >= 11 is 1.25. The molecule has 6 nitrogen and oxygen atoms in total. The van der Waals surface area contributed by atoms with E-state index in [9.17, 15) is 4.79 Å². The summed E-state index contributed by atoms with van der Waals surface area (Å²) < 4.78 is 15.4. The van der Waals surface area contributed by atoms with Gasteiger partial charge in [-0.05, 0) is 6.07 Å². The van der Waals surface area contributed by atoms with Gasteiger partial charge in [0.2, 0.25) is 0 Å². The lowest BCUT2D eigenvalue weighted by Gasteiger charge is -2.08. The summed E-state index contributed by atoms with van der Waals surface area (Å²) in [4.78, 5) is 20.3. The molecule has 1 saturated heterocycles. The fourth-order valence-corrected chi connectivity index (χ4v) is 2.62. The Labute approximate surface area is 119 Å². The average Bonchev–Trinajstić information content (AvgIpc) is 3.18. The molecule has 0 saturated carbocycles. The standard InChI is InChI=1S/C13H12N2O4S/c1-17-12(16)10-7-15-11(20-10)9-3-2-8(6-14-9)13-18-4-5-19-13/h2-3,6-7,13H,4-5H2,1H3. The van der Waals surface area contributed by atoms with Gasteiger partial charge < -0.3 is 14.2 Å². The maximum atomic E-state index is 11.4. The normalized spacial score (nSPS) is 15.4. The molecule has 7 heteroatoms. The van der Waals surface area contributed by atoms with E-state index in [1.165, 1.54) is 24.6 Å². The molecule has 0 radical (unpaired) electrons. The Morgan fingerprint density at radius 2 is 2.10 bits per heavy atom. The van der Waals surface area contributed by atoms with Crippen molar-refractivity contribution in [3.05, 3.63) is 35.0 Å². The van der Waals surface area contributed by atoms with Gasteiger partial charge in [-0.2, -0.15) is 0 Å². The molecule has 2 aromatic rings. The van der Waals surface area contributed by atoms with Gasteiger partial charge >= 0.3 is 5.97 Å². The van der Waals surface area contributed by atoms with E-state index < -0.39 is 5.97 Å². The van der Waals surface area contributed by atoms with Crippen LogP contribution in [-0.2, 0) is 14.2 Å². The maximum Gasteiger partial charge on any atom is 0.349 e. The lowest BCUT2D eigenvalue weighted by atomic mass is 10.2. The van der Waals surface area contributed by atoms with Crippen molar-refractivity contribution < 1.29 is 19.0 Å². The van der Waals surface area contributed by atoms with Gasteiger partial charge in [-0.1, -0.05) is 6.07 Å². The van der Waals surface area contributed by atoms with Gasteiger partial charge in [-0.25, -0.2) is 9.78 Å². The fourth-order valence-electron chi connectivity index (χ4n) is 1.81. The molecular formula is C13H12N2O4S. The Kier molecular flexibility index (Phi) is 3.72. The summed E-state index contributed by atoms with van der Waals surface area (Å²) in [7, 11) is 1.34. The molecule has 0 aromatic carbocycles. The third kappa shape index (κ3) is 2.55. The molecule has 1 aliphatic rings. The quantitative estimate of drug-likeness (QED) is 0.806. The van der Waals surface area contributed by atoms with Crippen LogP contribution in [-0.4, -0.2) is 36.3 Å². The monoisotopic (exact) mass is 292 g/mol. The second-order valence-electron chi connectivity index (χ2n) is 4.07. The van der Waals surface area contributed by atoms with E-state index in [-0.39, 0.29) is 6.29 Å². The van der Waals surface area contributed by atoms with Crippen LogP contribution in [0.15, 0.2) is 24.5 Å². The van der Waals surface area contributed by atoms with Gasteiger partial charge in [0, 0.05) is 11.8 Å². The van der Waals surface area contributed by atoms with Crippen LogP contribution in [0.25, 0.3) is 10.7 Å². The molecule has 0 bridgehead atoms. The summed E-state index contributed by atoms with van der Waals surface area (Å²) in [6.07, 6.45) is 2.85. The van der Waals surface area contributed by atoms with E-state index in [0.29, 0.717) is 28.8 Å². The summed E-state index contributed by atoms with van der Waals surface area (Å²) in [5, 5.41) is 0.671. The highest BCUT2D eigenvalue weighted by molar-refractivity contribution is 7.16. The topological polar surface area (TPSA) is 70.5 Å². The van der Waals surface area contributed by atoms with E-state index in [0.717, 1.165) is 5.56 Å². The number of carbonyl (C=O) groups excluding carboxylic acids is 1. The van der Waals surface area contributed by atoms with Crippen LogP contribution in [0.4, 0.5) is 0 Å². The lowest BCUT2D eigenvalue weighted by molar-refractivity contribution is -0.0443. The fraction of sp³-hybridized carbons (Fsp3) is 0.308.